The lowest BCUT2D eigenvalue weighted by Crippen LogP contribution is -2.10. The zero-order valence-electron chi connectivity index (χ0n) is 8.48. The molecule has 0 aromatic heterocycles. The summed E-state index contributed by atoms with van der Waals surface area (Å²) >= 11 is 6.96. The number of halogens is 2. The van der Waals surface area contributed by atoms with E-state index in [4.69, 9.17) is 0 Å². The van der Waals surface area contributed by atoms with Crippen LogP contribution in [0.15, 0.2) is 27.1 Å². The molecule has 0 spiro atoms. The molecule has 0 amide bonds. The van der Waals surface area contributed by atoms with Crippen LogP contribution in [0.2, 0.25) is 0 Å². The zero-order valence-corrected chi connectivity index (χ0v) is 11.7. The molecular weight excluding hydrogens is 306 g/mol. The van der Waals surface area contributed by atoms with E-state index in [1.807, 2.05) is 6.07 Å². The number of hydrogen-bond acceptors (Lipinski definition) is 1. The van der Waals surface area contributed by atoms with Gasteiger partial charge in [-0.1, -0.05) is 36.2 Å². The van der Waals surface area contributed by atoms with Gasteiger partial charge in [0.1, 0.15) is 0 Å². The molecule has 78 valence electrons. The Morgan fingerprint density at radius 1 is 1.36 bits per heavy atom. The molecule has 0 aliphatic carbocycles. The van der Waals surface area contributed by atoms with Crippen LogP contribution in [0.5, 0.6) is 0 Å². The van der Waals surface area contributed by atoms with Crippen molar-refractivity contribution in [1.29, 1.82) is 0 Å². The first-order valence-electron chi connectivity index (χ1n) is 4.82. The van der Waals surface area contributed by atoms with Crippen LogP contribution in [-0.4, -0.2) is 6.54 Å². The summed E-state index contributed by atoms with van der Waals surface area (Å²) in [4.78, 5) is 0. The van der Waals surface area contributed by atoms with Crippen molar-refractivity contribution in [2.75, 3.05) is 11.9 Å². The van der Waals surface area contributed by atoms with Gasteiger partial charge in [-0.15, -0.1) is 0 Å². The number of benzene rings is 1. The second-order valence-electron chi connectivity index (χ2n) is 3.52. The van der Waals surface area contributed by atoms with Crippen LogP contribution in [0.1, 0.15) is 20.3 Å². The quantitative estimate of drug-likeness (QED) is 0.850. The van der Waals surface area contributed by atoms with Crippen LogP contribution in [0.25, 0.3) is 0 Å². The van der Waals surface area contributed by atoms with Gasteiger partial charge < -0.3 is 5.32 Å². The van der Waals surface area contributed by atoms with Gasteiger partial charge in [-0.05, 0) is 40.0 Å². The summed E-state index contributed by atoms with van der Waals surface area (Å²) in [6.07, 6.45) is 1.21. The summed E-state index contributed by atoms with van der Waals surface area (Å²) in [5, 5.41) is 3.42. The maximum Gasteiger partial charge on any atom is 0.0485 e. The summed E-state index contributed by atoms with van der Waals surface area (Å²) in [5.41, 5.74) is 1.16. The van der Waals surface area contributed by atoms with Crippen LogP contribution in [0.3, 0.4) is 0 Å². The molecule has 0 aliphatic heterocycles. The Bertz CT molecular complexity index is 299. The molecule has 1 unspecified atom stereocenters. The van der Waals surface area contributed by atoms with Crippen molar-refractivity contribution in [3.8, 4) is 0 Å². The lowest BCUT2D eigenvalue weighted by Gasteiger charge is -2.12. The molecule has 3 heteroatoms. The predicted octanol–water partition coefficient (Wildman–Crippen LogP) is 4.67. The Labute approximate surface area is 103 Å². The Hall–Kier alpha value is -0.0200. The van der Waals surface area contributed by atoms with Crippen LogP contribution in [-0.2, 0) is 0 Å². The third-order valence-corrected chi connectivity index (χ3v) is 3.42. The molecule has 0 heterocycles. The summed E-state index contributed by atoms with van der Waals surface area (Å²) in [7, 11) is 0. The van der Waals surface area contributed by atoms with E-state index in [9.17, 15) is 0 Å². The molecule has 1 aromatic carbocycles. The lowest BCUT2D eigenvalue weighted by atomic mass is 10.1. The van der Waals surface area contributed by atoms with Gasteiger partial charge in [-0.2, -0.15) is 0 Å². The molecule has 0 aliphatic rings. The minimum absolute atomic E-state index is 0.713. The predicted molar refractivity (Wildman–Crippen MR) is 69.8 cm³/mol. The molecule has 0 saturated heterocycles. The third kappa shape index (κ3) is 3.62. The lowest BCUT2D eigenvalue weighted by molar-refractivity contribution is 0.593. The largest absolute Gasteiger partial charge is 0.384 e. The fourth-order valence-corrected chi connectivity index (χ4v) is 2.25. The van der Waals surface area contributed by atoms with Crippen LogP contribution in [0, 0.1) is 5.92 Å². The highest BCUT2D eigenvalue weighted by Gasteiger charge is 2.02. The van der Waals surface area contributed by atoms with E-state index in [1.54, 1.807) is 0 Å². The topological polar surface area (TPSA) is 12.0 Å². The van der Waals surface area contributed by atoms with Crippen LogP contribution in [0.4, 0.5) is 5.69 Å². The molecule has 14 heavy (non-hydrogen) atoms. The normalized spacial score (nSPS) is 12.6. The molecule has 0 radical (unpaired) electrons. The van der Waals surface area contributed by atoms with Crippen molar-refractivity contribution >= 4 is 37.5 Å². The van der Waals surface area contributed by atoms with Crippen molar-refractivity contribution in [1.82, 2.24) is 0 Å². The Balaban J connectivity index is 2.59. The van der Waals surface area contributed by atoms with E-state index in [2.05, 4.69) is 63.2 Å². The number of hydrogen-bond donors (Lipinski definition) is 1. The van der Waals surface area contributed by atoms with E-state index >= 15 is 0 Å². The summed E-state index contributed by atoms with van der Waals surface area (Å²) < 4.78 is 2.20. The molecule has 1 rings (SSSR count). The smallest absolute Gasteiger partial charge is 0.0485 e. The molecule has 0 bridgehead atoms. The van der Waals surface area contributed by atoms with E-state index < -0.39 is 0 Å². The fourth-order valence-electron chi connectivity index (χ4n) is 1.06. The van der Waals surface area contributed by atoms with Crippen molar-refractivity contribution in [3.63, 3.8) is 0 Å². The van der Waals surface area contributed by atoms with Gasteiger partial charge in [-0.25, -0.2) is 0 Å². The van der Waals surface area contributed by atoms with Crippen molar-refractivity contribution in [2.45, 2.75) is 20.3 Å². The summed E-state index contributed by atoms with van der Waals surface area (Å²) in [5.74, 6) is 0.713. The maximum atomic E-state index is 3.53. The molecule has 1 atom stereocenters. The van der Waals surface area contributed by atoms with E-state index in [-0.39, 0.29) is 0 Å². The first-order valence-corrected chi connectivity index (χ1v) is 6.41. The van der Waals surface area contributed by atoms with Gasteiger partial charge in [0.15, 0.2) is 0 Å². The SMILES string of the molecule is CCC(C)CNc1ccc(Br)cc1Br. The number of nitrogens with one attached hydrogen (secondary N) is 1. The van der Waals surface area contributed by atoms with Crippen molar-refractivity contribution in [2.24, 2.45) is 5.92 Å². The van der Waals surface area contributed by atoms with Gasteiger partial charge in [0, 0.05) is 21.2 Å². The van der Waals surface area contributed by atoms with Gasteiger partial charge >= 0.3 is 0 Å². The Morgan fingerprint density at radius 2 is 2.07 bits per heavy atom. The molecule has 0 saturated carbocycles. The van der Waals surface area contributed by atoms with Gasteiger partial charge in [0.2, 0.25) is 0 Å². The minimum Gasteiger partial charge on any atom is -0.384 e. The minimum atomic E-state index is 0.713. The molecule has 1 aromatic rings. The fraction of sp³-hybridized carbons (Fsp3) is 0.455. The van der Waals surface area contributed by atoms with Gasteiger partial charge in [0.25, 0.3) is 0 Å². The summed E-state index contributed by atoms with van der Waals surface area (Å²) in [6.45, 7) is 5.49. The standard InChI is InChI=1S/C11H15Br2N/c1-3-8(2)7-14-11-5-4-9(12)6-10(11)13/h4-6,8,14H,3,7H2,1-2H3. The van der Waals surface area contributed by atoms with Crippen LogP contribution < -0.4 is 5.32 Å². The first kappa shape index (κ1) is 12.1. The molecular formula is C11H15Br2N. The molecule has 0 fully saturated rings. The van der Waals surface area contributed by atoms with E-state index in [1.165, 1.54) is 6.42 Å². The Kier molecular flexibility index (Phi) is 4.96. The summed E-state index contributed by atoms with van der Waals surface area (Å²) in [6, 6.07) is 6.18. The Morgan fingerprint density at radius 3 is 2.64 bits per heavy atom. The molecule has 1 N–H and O–H groups in total. The molecule has 1 nitrogen and oxygen atoms in total. The van der Waals surface area contributed by atoms with E-state index in [0.29, 0.717) is 5.92 Å². The van der Waals surface area contributed by atoms with Gasteiger partial charge in [0.05, 0.1) is 0 Å². The highest BCUT2D eigenvalue weighted by Crippen LogP contribution is 2.26. The van der Waals surface area contributed by atoms with Crippen molar-refractivity contribution < 1.29 is 0 Å². The highest BCUT2D eigenvalue weighted by molar-refractivity contribution is 9.11. The highest BCUT2D eigenvalue weighted by atomic mass is 79.9. The van der Waals surface area contributed by atoms with Crippen LogP contribution >= 0.6 is 31.9 Å². The zero-order chi connectivity index (χ0) is 10.6. The number of anilines is 1. The first-order chi connectivity index (χ1) is 6.63. The third-order valence-electron chi connectivity index (χ3n) is 2.27. The average Bonchev–Trinajstić information content (AvgIpc) is 2.16. The monoisotopic (exact) mass is 319 g/mol. The van der Waals surface area contributed by atoms with Gasteiger partial charge in [-0.3, -0.25) is 0 Å². The second kappa shape index (κ2) is 5.76. The van der Waals surface area contributed by atoms with Crippen molar-refractivity contribution in [3.05, 3.63) is 27.1 Å². The number of rotatable bonds is 4. The maximum absolute atomic E-state index is 3.53. The average molecular weight is 321 g/mol. The van der Waals surface area contributed by atoms with E-state index in [0.717, 1.165) is 21.2 Å². The second-order valence-corrected chi connectivity index (χ2v) is 5.29.